The molecule has 0 aliphatic carbocycles. The van der Waals surface area contributed by atoms with Gasteiger partial charge in [0.1, 0.15) is 5.75 Å². The molecular weight excluding hydrogens is 897 g/mol. The molecule has 2 amide bonds. The van der Waals surface area contributed by atoms with Gasteiger partial charge in [-0.25, -0.2) is 26.8 Å². The quantitative estimate of drug-likeness (QED) is 0.0820. The summed E-state index contributed by atoms with van der Waals surface area (Å²) >= 11 is 14.4. The number of carbonyl (C=O) groups is 2. The third kappa shape index (κ3) is 13.9. The van der Waals surface area contributed by atoms with Crippen LogP contribution in [0.2, 0.25) is 10.0 Å². The van der Waals surface area contributed by atoms with Crippen molar-refractivity contribution in [1.29, 1.82) is 0 Å². The van der Waals surface area contributed by atoms with Crippen LogP contribution in [-0.4, -0.2) is 45.0 Å². The summed E-state index contributed by atoms with van der Waals surface area (Å²) in [7, 11) is -7.55. The molecule has 0 atom stereocenters. The van der Waals surface area contributed by atoms with Gasteiger partial charge in [-0.05, 0) is 90.5 Å². The number of carbonyl (C=O) groups excluding carboxylic acids is 2. The number of halogens is 5. The maximum absolute atomic E-state index is 12.3. The van der Waals surface area contributed by atoms with Gasteiger partial charge in [0.25, 0.3) is 20.0 Å². The van der Waals surface area contributed by atoms with E-state index >= 15 is 0 Å². The summed E-state index contributed by atoms with van der Waals surface area (Å²) in [6.07, 6.45) is 3.41. The molecule has 2 aromatic heterocycles. The normalized spacial score (nSPS) is 11.7. The minimum absolute atomic E-state index is 0.0160. The topological polar surface area (TPSA) is 186 Å². The summed E-state index contributed by atoms with van der Waals surface area (Å²) in [5.41, 5.74) is 1.63. The second-order valence-electron chi connectivity index (χ2n) is 11.3. The van der Waals surface area contributed by atoms with Crippen LogP contribution in [0.1, 0.15) is 11.1 Å². The Morgan fingerprint density at radius 1 is 0.661 bits per heavy atom. The fourth-order valence-electron chi connectivity index (χ4n) is 4.51. The average Bonchev–Trinajstić information content (AvgIpc) is 3.88. The van der Waals surface area contributed by atoms with E-state index in [-0.39, 0.29) is 20.1 Å². The summed E-state index contributed by atoms with van der Waals surface area (Å²) in [5.74, 6) is -1.37. The lowest BCUT2D eigenvalue weighted by atomic mass is 10.2. The molecule has 22 heteroatoms. The molecule has 0 saturated carbocycles. The van der Waals surface area contributed by atoms with Crippen molar-refractivity contribution >= 4 is 112 Å². The molecule has 0 spiro atoms. The van der Waals surface area contributed by atoms with Gasteiger partial charge >= 0.3 is 6.36 Å². The number of thiazole rings is 2. The Morgan fingerprint density at radius 3 is 1.56 bits per heavy atom. The van der Waals surface area contributed by atoms with E-state index < -0.39 is 44.0 Å². The van der Waals surface area contributed by atoms with E-state index in [1.54, 1.807) is 29.0 Å². The average molecular weight is 924 g/mol. The molecule has 4 aromatic carbocycles. The number of aromatic nitrogens is 2. The number of hydrogen-bond donors (Lipinski definition) is 4. The smallest absolute Gasteiger partial charge is 0.406 e. The van der Waals surface area contributed by atoms with Crippen LogP contribution in [0.15, 0.2) is 136 Å². The molecule has 0 bridgehead atoms. The van der Waals surface area contributed by atoms with Crippen molar-refractivity contribution in [3.8, 4) is 5.75 Å². The predicted molar refractivity (Wildman–Crippen MR) is 224 cm³/mol. The first-order chi connectivity index (χ1) is 28.0. The van der Waals surface area contributed by atoms with Gasteiger partial charge in [-0.1, -0.05) is 41.4 Å². The molecule has 0 aliphatic rings. The standard InChI is InChI=1S/C19H14F3N3O4S2.C18H13Cl2N3O3S2/c20-19(21,22)29-15-3-1-2-13(12-15)4-9-17(26)24-14-5-7-16(8-6-14)31(27,28)25-18-23-10-11-30-18;19-15-2-1-3-16(20)14(15)8-9-17(24)22-12-4-6-13(7-5-12)28(25,26)23-18-21-10-11-27-18/h1-12H,(H,23,25)(H,24,26);1-11H,(H,21,23)(H,22,24)/b9-4+;9-8+. The molecule has 13 nitrogen and oxygen atoms in total. The Labute approximate surface area is 353 Å². The van der Waals surface area contributed by atoms with Crippen LogP contribution in [0.4, 0.5) is 34.8 Å². The third-order valence-electron chi connectivity index (χ3n) is 7.09. The van der Waals surface area contributed by atoms with Crippen molar-refractivity contribution in [1.82, 2.24) is 9.97 Å². The fourth-order valence-corrected chi connectivity index (χ4v) is 8.62. The number of alkyl halides is 3. The van der Waals surface area contributed by atoms with Crippen molar-refractivity contribution < 1.29 is 44.3 Å². The highest BCUT2D eigenvalue weighted by Gasteiger charge is 2.31. The van der Waals surface area contributed by atoms with E-state index in [4.69, 9.17) is 23.2 Å². The van der Waals surface area contributed by atoms with Gasteiger partial charge in [0.2, 0.25) is 11.8 Å². The molecule has 6 rings (SSSR count). The SMILES string of the molecule is O=C(/C=C/c1c(Cl)cccc1Cl)Nc1ccc(S(=O)(=O)Nc2nccs2)cc1.O=C(/C=C/c1cccc(OC(F)(F)F)c1)Nc1ccc(S(=O)(=O)Nc2nccs2)cc1. The van der Waals surface area contributed by atoms with Crippen LogP contribution in [0.3, 0.4) is 0 Å². The first kappa shape index (κ1) is 44.3. The summed E-state index contributed by atoms with van der Waals surface area (Å²) in [6, 6.07) is 21.4. The van der Waals surface area contributed by atoms with Gasteiger partial charge in [0.05, 0.1) is 9.79 Å². The maximum Gasteiger partial charge on any atom is 0.573 e. The van der Waals surface area contributed by atoms with Crippen LogP contribution < -0.4 is 24.8 Å². The van der Waals surface area contributed by atoms with E-state index in [9.17, 15) is 39.6 Å². The molecule has 0 unspecified atom stereocenters. The molecule has 0 aliphatic heterocycles. The van der Waals surface area contributed by atoms with E-state index in [1.165, 1.54) is 103 Å². The molecular formula is C37H27Cl2F3N6O7S4. The number of ether oxygens (including phenoxy) is 1. The zero-order chi connectivity index (χ0) is 42.6. The first-order valence-electron chi connectivity index (χ1n) is 16.3. The Kier molecular flexibility index (Phi) is 14.9. The maximum atomic E-state index is 12.3. The second kappa shape index (κ2) is 19.8. The van der Waals surface area contributed by atoms with Crippen molar-refractivity contribution in [3.05, 3.63) is 147 Å². The Hall–Kier alpha value is -5.77. The highest BCUT2D eigenvalue weighted by atomic mass is 35.5. The lowest BCUT2D eigenvalue weighted by Crippen LogP contribution is -2.17. The molecule has 0 saturated heterocycles. The number of nitrogens with zero attached hydrogens (tertiary/aromatic N) is 2. The zero-order valence-electron chi connectivity index (χ0n) is 29.6. The number of benzene rings is 4. The summed E-state index contributed by atoms with van der Waals surface area (Å²) in [5, 5.41) is 9.83. The zero-order valence-corrected chi connectivity index (χ0v) is 34.3. The fraction of sp³-hybridized carbons (Fsp3) is 0.0270. The molecule has 4 N–H and O–H groups in total. The number of rotatable bonds is 13. The number of hydrogen-bond acceptors (Lipinski definition) is 11. The van der Waals surface area contributed by atoms with Crippen molar-refractivity contribution in [2.45, 2.75) is 16.2 Å². The van der Waals surface area contributed by atoms with Crippen LogP contribution in [0.25, 0.3) is 12.2 Å². The van der Waals surface area contributed by atoms with E-state index in [2.05, 4.69) is 34.8 Å². The Balaban J connectivity index is 0.000000225. The van der Waals surface area contributed by atoms with Gasteiger partial charge in [0.15, 0.2) is 10.3 Å². The van der Waals surface area contributed by atoms with Crippen LogP contribution in [-0.2, 0) is 29.6 Å². The number of nitrogens with one attached hydrogen (secondary N) is 4. The lowest BCUT2D eigenvalue weighted by molar-refractivity contribution is -0.274. The van der Waals surface area contributed by atoms with Gasteiger partial charge in [-0.3, -0.25) is 19.0 Å². The summed E-state index contributed by atoms with van der Waals surface area (Å²) in [4.78, 5) is 31.9. The molecule has 6 aromatic rings. The number of sulfonamides is 2. The minimum atomic E-state index is -4.81. The highest BCUT2D eigenvalue weighted by Crippen LogP contribution is 2.27. The van der Waals surface area contributed by atoms with E-state index in [1.807, 2.05) is 0 Å². The minimum Gasteiger partial charge on any atom is -0.406 e. The molecule has 59 heavy (non-hydrogen) atoms. The number of anilines is 4. The van der Waals surface area contributed by atoms with Gasteiger partial charge in [-0.2, -0.15) is 0 Å². The van der Waals surface area contributed by atoms with Crippen molar-refractivity contribution in [2.24, 2.45) is 0 Å². The van der Waals surface area contributed by atoms with Crippen molar-refractivity contribution in [2.75, 3.05) is 20.1 Å². The summed E-state index contributed by atoms with van der Waals surface area (Å²) < 4.78 is 94.5. The van der Waals surface area contributed by atoms with Gasteiger partial charge in [-0.15, -0.1) is 35.8 Å². The summed E-state index contributed by atoms with van der Waals surface area (Å²) in [6.45, 7) is 0. The molecule has 0 radical (unpaired) electrons. The molecule has 306 valence electrons. The monoisotopic (exact) mass is 922 g/mol. The van der Waals surface area contributed by atoms with E-state index in [0.717, 1.165) is 29.5 Å². The van der Waals surface area contributed by atoms with Gasteiger partial charge in [0, 0.05) is 62.3 Å². The molecule has 0 fully saturated rings. The molecule has 2 heterocycles. The van der Waals surface area contributed by atoms with Crippen molar-refractivity contribution in [3.63, 3.8) is 0 Å². The largest absolute Gasteiger partial charge is 0.573 e. The number of amides is 2. The van der Waals surface area contributed by atoms with Crippen LogP contribution in [0, 0.1) is 0 Å². The Bertz CT molecular complexity index is 2650. The van der Waals surface area contributed by atoms with Crippen LogP contribution in [0.5, 0.6) is 5.75 Å². The Morgan fingerprint density at radius 2 is 1.12 bits per heavy atom. The third-order valence-corrected chi connectivity index (χ3v) is 12.1. The predicted octanol–water partition coefficient (Wildman–Crippen LogP) is 9.40. The lowest BCUT2D eigenvalue weighted by Gasteiger charge is -2.09. The van der Waals surface area contributed by atoms with Gasteiger partial charge < -0.3 is 15.4 Å². The first-order valence-corrected chi connectivity index (χ1v) is 21.8. The highest BCUT2D eigenvalue weighted by molar-refractivity contribution is 7.93. The van der Waals surface area contributed by atoms with E-state index in [0.29, 0.717) is 32.5 Å². The second-order valence-corrected chi connectivity index (χ2v) is 17.3. The van der Waals surface area contributed by atoms with Crippen LogP contribution >= 0.6 is 45.9 Å².